The van der Waals surface area contributed by atoms with Gasteiger partial charge in [0.15, 0.2) is 11.2 Å². The first-order chi connectivity index (χ1) is 17.0. The summed E-state index contributed by atoms with van der Waals surface area (Å²) in [4.78, 5) is 39.8. The maximum Gasteiger partial charge on any atom is 0.290 e. The number of epoxide rings is 1. The van der Waals surface area contributed by atoms with Gasteiger partial charge in [-0.3, -0.25) is 19.7 Å². The number of rotatable bonds is 6. The van der Waals surface area contributed by atoms with Crippen molar-refractivity contribution in [1.82, 2.24) is 4.98 Å². The molecule has 1 saturated heterocycles. The molecule has 0 spiro atoms. The minimum atomic E-state index is -0.461. The number of carbonyl (C=O) groups excluding carboxylic acids is 2. The highest BCUT2D eigenvalue weighted by atomic mass is 32.1. The van der Waals surface area contributed by atoms with E-state index >= 15 is 0 Å². The average Bonchev–Trinajstić information content (AvgIpc) is 3.63. The van der Waals surface area contributed by atoms with E-state index in [0.717, 1.165) is 15.8 Å². The Labute approximate surface area is 203 Å². The van der Waals surface area contributed by atoms with Gasteiger partial charge in [-0.05, 0) is 54.1 Å². The summed E-state index contributed by atoms with van der Waals surface area (Å²) in [7, 11) is 0. The number of nitrogens with one attached hydrogen (secondary N) is 1. The maximum atomic E-state index is 13.2. The third-order valence-electron chi connectivity index (χ3n) is 5.08. The van der Waals surface area contributed by atoms with Crippen LogP contribution in [0.25, 0.3) is 10.2 Å². The van der Waals surface area contributed by atoms with Crippen LogP contribution in [0.4, 0.5) is 15.2 Å². The van der Waals surface area contributed by atoms with Crippen LogP contribution < -0.4 is 10.2 Å². The number of fused-ring (bicyclic) bond motifs is 1. The first kappa shape index (κ1) is 24.0. The van der Waals surface area contributed by atoms with E-state index in [1.165, 1.54) is 23.5 Å². The molecule has 0 bridgehead atoms. The van der Waals surface area contributed by atoms with Crippen LogP contribution in [0.1, 0.15) is 15.9 Å². The summed E-state index contributed by atoms with van der Waals surface area (Å²) in [5, 5.41) is 10.2. The third-order valence-corrected chi connectivity index (χ3v) is 6.04. The van der Waals surface area contributed by atoms with Crippen molar-refractivity contribution < 1.29 is 28.6 Å². The Hall–Kier alpha value is -4.15. The molecule has 10 heteroatoms. The largest absolute Gasteiger partial charge is 0.483 e. The molecule has 1 fully saturated rings. The summed E-state index contributed by atoms with van der Waals surface area (Å²) in [6.45, 7) is 0.414. The molecule has 2 N–H and O–H groups in total. The number of para-hydroxylation sites is 1. The Bertz CT molecular complexity index is 1300. The molecule has 4 aromatic rings. The molecule has 2 amide bonds. The highest BCUT2D eigenvalue weighted by Gasteiger charge is 2.35. The molecule has 0 unspecified atom stereocenters. The second-order valence-corrected chi connectivity index (χ2v) is 8.50. The summed E-state index contributed by atoms with van der Waals surface area (Å²) in [5.74, 6) is -0.779. The van der Waals surface area contributed by atoms with Crippen LogP contribution in [0, 0.1) is 5.82 Å². The van der Waals surface area contributed by atoms with E-state index in [1.54, 1.807) is 41.3 Å². The lowest BCUT2D eigenvalue weighted by atomic mass is 10.1. The molecular formula is C25H20FN3O5S. The van der Waals surface area contributed by atoms with Crippen molar-refractivity contribution in [2.24, 2.45) is 0 Å². The number of ether oxygens (including phenoxy) is 1. The molecule has 8 nitrogen and oxygen atoms in total. The molecule has 3 aromatic carbocycles. The fourth-order valence-electron chi connectivity index (χ4n) is 3.32. The molecule has 1 aliphatic rings. The topological polar surface area (TPSA) is 112 Å². The summed E-state index contributed by atoms with van der Waals surface area (Å²) < 4.78 is 19.4. The van der Waals surface area contributed by atoms with Gasteiger partial charge in [-0.1, -0.05) is 35.6 Å². The van der Waals surface area contributed by atoms with Crippen LogP contribution in [0.3, 0.4) is 0 Å². The smallest absolute Gasteiger partial charge is 0.290 e. The molecule has 35 heavy (non-hydrogen) atoms. The van der Waals surface area contributed by atoms with Crippen molar-refractivity contribution in [1.29, 1.82) is 0 Å². The summed E-state index contributed by atoms with van der Waals surface area (Å²) >= 11 is 1.41. The number of nitrogens with zero attached hydrogens (tertiary/aromatic N) is 2. The third kappa shape index (κ3) is 6.05. The molecule has 1 aliphatic heterocycles. The number of carboxylic acid groups (broad SMARTS) is 1. The zero-order chi connectivity index (χ0) is 24.8. The molecular weight excluding hydrogens is 473 g/mol. The van der Waals surface area contributed by atoms with Crippen LogP contribution in [0.2, 0.25) is 0 Å². The predicted octanol–water partition coefficient (Wildman–Crippen LogP) is 4.32. The lowest BCUT2D eigenvalue weighted by Crippen LogP contribution is -2.34. The van der Waals surface area contributed by atoms with Gasteiger partial charge < -0.3 is 14.7 Å². The van der Waals surface area contributed by atoms with Crippen molar-refractivity contribution in [3.05, 3.63) is 89.7 Å². The summed E-state index contributed by atoms with van der Waals surface area (Å²) in [6.07, 6.45) is -0.461. The molecule has 2 heterocycles. The molecule has 178 valence electrons. The SMILES string of the molecule is O=C(Nc1nc2ccccc2s1)c1ccc(N(Cc2ccc(F)cc2)C(=O)[C@@H]2CO2)cc1.O=CO. The summed E-state index contributed by atoms with van der Waals surface area (Å²) in [5.41, 5.74) is 2.70. The minimum Gasteiger partial charge on any atom is -0.483 e. The zero-order valence-electron chi connectivity index (χ0n) is 18.3. The number of amides is 2. The molecule has 0 aliphatic carbocycles. The van der Waals surface area contributed by atoms with E-state index in [2.05, 4.69) is 10.3 Å². The van der Waals surface area contributed by atoms with Crippen LogP contribution in [0.15, 0.2) is 72.8 Å². The number of hydrogen-bond donors (Lipinski definition) is 2. The lowest BCUT2D eigenvalue weighted by molar-refractivity contribution is -0.123. The fraction of sp³-hybridized carbons (Fsp3) is 0.120. The Morgan fingerprint density at radius 3 is 2.40 bits per heavy atom. The Morgan fingerprint density at radius 2 is 1.77 bits per heavy atom. The minimum absolute atomic E-state index is 0.166. The maximum absolute atomic E-state index is 13.2. The van der Waals surface area contributed by atoms with Gasteiger partial charge in [0.05, 0.1) is 23.4 Å². The second-order valence-electron chi connectivity index (χ2n) is 7.47. The molecule has 0 radical (unpaired) electrons. The van der Waals surface area contributed by atoms with Crippen LogP contribution in [-0.2, 0) is 20.9 Å². The zero-order valence-corrected chi connectivity index (χ0v) is 19.1. The first-order valence-corrected chi connectivity index (χ1v) is 11.3. The van der Waals surface area contributed by atoms with Gasteiger partial charge in [0, 0.05) is 11.3 Å². The molecule has 5 rings (SSSR count). The van der Waals surface area contributed by atoms with Crippen molar-refractivity contribution in [3.63, 3.8) is 0 Å². The van der Waals surface area contributed by atoms with Gasteiger partial charge in [0.2, 0.25) is 0 Å². The number of thiazole rings is 1. The Morgan fingerprint density at radius 1 is 1.11 bits per heavy atom. The van der Waals surface area contributed by atoms with Gasteiger partial charge >= 0.3 is 0 Å². The van der Waals surface area contributed by atoms with Crippen LogP contribution in [0.5, 0.6) is 0 Å². The number of hydrogen-bond acceptors (Lipinski definition) is 6. The van der Waals surface area contributed by atoms with Crippen molar-refractivity contribution in [3.8, 4) is 0 Å². The normalized spacial score (nSPS) is 13.9. The monoisotopic (exact) mass is 493 g/mol. The number of halogens is 1. The summed E-state index contributed by atoms with van der Waals surface area (Å²) in [6, 6.07) is 20.4. The highest BCUT2D eigenvalue weighted by molar-refractivity contribution is 7.22. The highest BCUT2D eigenvalue weighted by Crippen LogP contribution is 2.27. The van der Waals surface area contributed by atoms with E-state index in [9.17, 15) is 14.0 Å². The standard InChI is InChI=1S/C24H18FN3O3S.CH2O2/c25-17-9-5-15(6-10-17)13-28(23(30)20-14-31-20)18-11-7-16(8-12-18)22(29)27-24-26-19-3-1-2-4-21(19)32-24;2-1-3/h1-12,20H,13-14H2,(H,26,27,29);1H,(H,2,3)/t20-;/m0./s1. The van der Waals surface area contributed by atoms with Gasteiger partial charge in [0.1, 0.15) is 5.82 Å². The van der Waals surface area contributed by atoms with E-state index in [0.29, 0.717) is 23.0 Å². The van der Waals surface area contributed by atoms with Gasteiger partial charge in [-0.25, -0.2) is 9.37 Å². The molecule has 0 saturated carbocycles. The Kier molecular flexibility index (Phi) is 7.44. The number of carbonyl (C=O) groups is 3. The van der Waals surface area contributed by atoms with E-state index in [-0.39, 0.29) is 30.6 Å². The van der Waals surface area contributed by atoms with Crippen molar-refractivity contribution >= 4 is 50.7 Å². The van der Waals surface area contributed by atoms with E-state index in [1.807, 2.05) is 24.3 Å². The van der Waals surface area contributed by atoms with Crippen LogP contribution in [-0.4, -0.2) is 41.1 Å². The van der Waals surface area contributed by atoms with Gasteiger partial charge in [-0.15, -0.1) is 0 Å². The van der Waals surface area contributed by atoms with Crippen LogP contribution >= 0.6 is 11.3 Å². The van der Waals surface area contributed by atoms with E-state index in [4.69, 9.17) is 14.6 Å². The number of benzene rings is 3. The molecule has 1 aromatic heterocycles. The quantitative estimate of drug-likeness (QED) is 0.306. The average molecular weight is 494 g/mol. The Balaban J connectivity index is 0.000000917. The van der Waals surface area contributed by atoms with Crippen molar-refractivity contribution in [2.75, 3.05) is 16.8 Å². The second kappa shape index (κ2) is 10.9. The fourth-order valence-corrected chi connectivity index (χ4v) is 4.18. The van der Waals surface area contributed by atoms with Gasteiger partial charge in [-0.2, -0.15) is 0 Å². The van der Waals surface area contributed by atoms with Crippen molar-refractivity contribution in [2.45, 2.75) is 12.6 Å². The predicted molar refractivity (Wildman–Crippen MR) is 130 cm³/mol. The molecule has 1 atom stereocenters. The lowest BCUT2D eigenvalue weighted by Gasteiger charge is -2.22. The number of aromatic nitrogens is 1. The van der Waals surface area contributed by atoms with Gasteiger partial charge in [0.25, 0.3) is 18.3 Å². The van der Waals surface area contributed by atoms with E-state index < -0.39 is 6.10 Å². The first-order valence-electron chi connectivity index (χ1n) is 10.5. The number of anilines is 2.